The summed E-state index contributed by atoms with van der Waals surface area (Å²) < 4.78 is 0. The lowest BCUT2D eigenvalue weighted by atomic mass is 10.0. The number of carbonyl (C=O) groups is 2. The van der Waals surface area contributed by atoms with Crippen molar-refractivity contribution in [2.75, 3.05) is 26.2 Å². The minimum Gasteiger partial charge on any atom is -0.338 e. The number of hydrogen-bond acceptors (Lipinski definition) is 3. The zero-order valence-electron chi connectivity index (χ0n) is 14.6. The van der Waals surface area contributed by atoms with Gasteiger partial charge in [0.1, 0.15) is 0 Å². The third kappa shape index (κ3) is 3.66. The molecule has 5 nitrogen and oxygen atoms in total. The number of fused-ring (bicyclic) bond motifs is 1. The first-order valence-corrected chi connectivity index (χ1v) is 8.93. The van der Waals surface area contributed by atoms with Crippen molar-refractivity contribution in [2.24, 2.45) is 5.73 Å². The molecule has 0 unspecified atom stereocenters. The summed E-state index contributed by atoms with van der Waals surface area (Å²) in [6.45, 7) is 4.21. The fourth-order valence-electron chi connectivity index (χ4n) is 3.38. The van der Waals surface area contributed by atoms with Crippen LogP contribution < -0.4 is 5.73 Å². The SMILES string of the molecule is CCC[C@@H](N)C(=O)N1CCN(C(=O)c2cccc3ccccc23)CC1. The molecule has 2 aromatic rings. The smallest absolute Gasteiger partial charge is 0.254 e. The van der Waals surface area contributed by atoms with Gasteiger partial charge < -0.3 is 15.5 Å². The van der Waals surface area contributed by atoms with Gasteiger partial charge in [0.2, 0.25) is 5.91 Å². The predicted molar refractivity (Wildman–Crippen MR) is 99.3 cm³/mol. The zero-order chi connectivity index (χ0) is 17.8. The molecule has 0 aromatic heterocycles. The topological polar surface area (TPSA) is 66.6 Å². The van der Waals surface area contributed by atoms with E-state index in [9.17, 15) is 9.59 Å². The Bertz CT molecular complexity index is 761. The molecule has 3 rings (SSSR count). The van der Waals surface area contributed by atoms with Crippen molar-refractivity contribution in [1.82, 2.24) is 9.80 Å². The van der Waals surface area contributed by atoms with Gasteiger partial charge in [0.25, 0.3) is 5.91 Å². The Morgan fingerprint density at radius 2 is 1.64 bits per heavy atom. The second-order valence-corrected chi connectivity index (χ2v) is 6.54. The molecule has 1 saturated heterocycles. The lowest BCUT2D eigenvalue weighted by Crippen LogP contribution is -2.54. The number of nitrogens with two attached hydrogens (primary N) is 1. The number of piperazine rings is 1. The van der Waals surface area contributed by atoms with Gasteiger partial charge in [0.05, 0.1) is 6.04 Å². The van der Waals surface area contributed by atoms with Crippen molar-refractivity contribution >= 4 is 22.6 Å². The molecular formula is C20H25N3O2. The third-order valence-electron chi connectivity index (χ3n) is 4.82. The highest BCUT2D eigenvalue weighted by Gasteiger charge is 2.27. The Kier molecular flexibility index (Phi) is 5.34. The molecule has 2 aromatic carbocycles. The monoisotopic (exact) mass is 339 g/mol. The summed E-state index contributed by atoms with van der Waals surface area (Å²) in [7, 11) is 0. The first-order chi connectivity index (χ1) is 12.1. The second kappa shape index (κ2) is 7.66. The lowest BCUT2D eigenvalue weighted by Gasteiger charge is -2.36. The number of benzene rings is 2. The number of carbonyl (C=O) groups excluding carboxylic acids is 2. The molecule has 2 amide bonds. The summed E-state index contributed by atoms with van der Waals surface area (Å²) >= 11 is 0. The zero-order valence-corrected chi connectivity index (χ0v) is 14.6. The van der Waals surface area contributed by atoms with E-state index >= 15 is 0 Å². The largest absolute Gasteiger partial charge is 0.338 e. The van der Waals surface area contributed by atoms with Crippen LogP contribution in [0.3, 0.4) is 0 Å². The van der Waals surface area contributed by atoms with Gasteiger partial charge in [0, 0.05) is 31.7 Å². The Balaban J connectivity index is 1.68. The maximum atomic E-state index is 12.9. The van der Waals surface area contributed by atoms with Crippen LogP contribution >= 0.6 is 0 Å². The van der Waals surface area contributed by atoms with Gasteiger partial charge in [-0.2, -0.15) is 0 Å². The van der Waals surface area contributed by atoms with Gasteiger partial charge in [-0.25, -0.2) is 0 Å². The molecule has 1 fully saturated rings. The molecule has 25 heavy (non-hydrogen) atoms. The molecule has 132 valence electrons. The minimum absolute atomic E-state index is 0.000824. The summed E-state index contributed by atoms with van der Waals surface area (Å²) in [5, 5.41) is 2.03. The molecule has 2 N–H and O–H groups in total. The number of hydrogen-bond donors (Lipinski definition) is 1. The predicted octanol–water partition coefficient (Wildman–Crippen LogP) is 2.25. The van der Waals surface area contributed by atoms with Crippen LogP contribution in [0.1, 0.15) is 30.1 Å². The molecule has 1 heterocycles. The molecule has 1 aliphatic heterocycles. The van der Waals surface area contributed by atoms with Crippen LogP contribution in [0, 0.1) is 0 Å². The second-order valence-electron chi connectivity index (χ2n) is 6.54. The molecule has 0 bridgehead atoms. The van der Waals surface area contributed by atoms with Crippen molar-refractivity contribution in [1.29, 1.82) is 0 Å². The van der Waals surface area contributed by atoms with Crippen LogP contribution in [0.4, 0.5) is 0 Å². The highest BCUT2D eigenvalue weighted by Crippen LogP contribution is 2.20. The maximum absolute atomic E-state index is 12.9. The van der Waals surface area contributed by atoms with Crippen LogP contribution in [-0.2, 0) is 4.79 Å². The summed E-state index contributed by atoms with van der Waals surface area (Å²) in [4.78, 5) is 28.8. The van der Waals surface area contributed by atoms with E-state index in [1.807, 2.05) is 54.3 Å². The standard InChI is InChI=1S/C20H25N3O2/c1-2-6-18(21)20(25)23-13-11-22(12-14-23)19(24)17-10-5-8-15-7-3-4-9-16(15)17/h3-5,7-10,18H,2,6,11-14,21H2,1H3/t18-/m1/s1. The van der Waals surface area contributed by atoms with Crippen molar-refractivity contribution in [2.45, 2.75) is 25.8 Å². The van der Waals surface area contributed by atoms with Gasteiger partial charge in [-0.05, 0) is 23.3 Å². The molecule has 0 saturated carbocycles. The van der Waals surface area contributed by atoms with Crippen molar-refractivity contribution < 1.29 is 9.59 Å². The first kappa shape index (κ1) is 17.4. The summed E-state index contributed by atoms with van der Waals surface area (Å²) in [5.74, 6) is 0.0286. The molecule has 5 heteroatoms. The first-order valence-electron chi connectivity index (χ1n) is 8.93. The van der Waals surface area contributed by atoms with Gasteiger partial charge in [-0.15, -0.1) is 0 Å². The van der Waals surface area contributed by atoms with Crippen LogP contribution in [0.25, 0.3) is 10.8 Å². The summed E-state index contributed by atoms with van der Waals surface area (Å²) in [5.41, 5.74) is 6.66. The number of rotatable bonds is 4. The molecule has 0 spiro atoms. The van der Waals surface area contributed by atoms with E-state index < -0.39 is 6.04 Å². The summed E-state index contributed by atoms with van der Waals surface area (Å²) in [6, 6.07) is 13.3. The van der Waals surface area contributed by atoms with Crippen LogP contribution in [0.5, 0.6) is 0 Å². The minimum atomic E-state index is -0.426. The van der Waals surface area contributed by atoms with Crippen molar-refractivity contribution in [3.05, 3.63) is 48.0 Å². The highest BCUT2D eigenvalue weighted by molar-refractivity contribution is 6.07. The van der Waals surface area contributed by atoms with E-state index in [1.54, 1.807) is 4.90 Å². The fourth-order valence-corrected chi connectivity index (χ4v) is 3.38. The Hall–Kier alpha value is -2.40. The molecule has 0 radical (unpaired) electrons. The third-order valence-corrected chi connectivity index (χ3v) is 4.82. The van der Waals surface area contributed by atoms with Crippen LogP contribution in [0.2, 0.25) is 0 Å². The van der Waals surface area contributed by atoms with E-state index in [4.69, 9.17) is 5.73 Å². The van der Waals surface area contributed by atoms with Gasteiger partial charge in [-0.1, -0.05) is 49.7 Å². The van der Waals surface area contributed by atoms with Gasteiger partial charge in [0.15, 0.2) is 0 Å². The normalized spacial score (nSPS) is 16.1. The van der Waals surface area contributed by atoms with E-state index in [1.165, 1.54) is 0 Å². The average molecular weight is 339 g/mol. The van der Waals surface area contributed by atoms with Crippen molar-refractivity contribution in [3.63, 3.8) is 0 Å². The molecule has 1 atom stereocenters. The summed E-state index contributed by atoms with van der Waals surface area (Å²) in [6.07, 6.45) is 1.60. The van der Waals surface area contributed by atoms with Crippen molar-refractivity contribution in [3.8, 4) is 0 Å². The van der Waals surface area contributed by atoms with Crippen LogP contribution in [0.15, 0.2) is 42.5 Å². The van der Waals surface area contributed by atoms with E-state index in [2.05, 4.69) is 0 Å². The lowest BCUT2D eigenvalue weighted by molar-refractivity contribution is -0.134. The average Bonchev–Trinajstić information content (AvgIpc) is 2.66. The van der Waals surface area contributed by atoms with E-state index in [0.717, 1.165) is 22.8 Å². The van der Waals surface area contributed by atoms with E-state index in [-0.39, 0.29) is 11.8 Å². The van der Waals surface area contributed by atoms with Gasteiger partial charge >= 0.3 is 0 Å². The molecular weight excluding hydrogens is 314 g/mol. The quantitative estimate of drug-likeness (QED) is 0.929. The molecule has 1 aliphatic rings. The number of amides is 2. The highest BCUT2D eigenvalue weighted by atomic mass is 16.2. The van der Waals surface area contributed by atoms with Gasteiger partial charge in [-0.3, -0.25) is 9.59 Å². The van der Waals surface area contributed by atoms with Crippen LogP contribution in [-0.4, -0.2) is 53.8 Å². The maximum Gasteiger partial charge on any atom is 0.254 e. The van der Waals surface area contributed by atoms with E-state index in [0.29, 0.717) is 32.6 Å². The number of nitrogens with zero attached hydrogens (tertiary/aromatic N) is 2. The molecule has 0 aliphatic carbocycles. The Labute approximate surface area is 148 Å². The Morgan fingerprint density at radius 3 is 2.36 bits per heavy atom. The fraction of sp³-hybridized carbons (Fsp3) is 0.400. The Morgan fingerprint density at radius 1 is 1.00 bits per heavy atom.